The highest BCUT2D eigenvalue weighted by Gasteiger charge is 2.22. The highest BCUT2D eigenvalue weighted by atomic mass is 32.1. The van der Waals surface area contributed by atoms with Gasteiger partial charge in [0.1, 0.15) is 5.69 Å². The van der Waals surface area contributed by atoms with Crippen LogP contribution in [0.4, 0.5) is 5.69 Å². The summed E-state index contributed by atoms with van der Waals surface area (Å²) in [7, 11) is 0. The molecule has 1 aliphatic rings. The lowest BCUT2D eigenvalue weighted by Gasteiger charge is -2.11. The zero-order valence-electron chi connectivity index (χ0n) is 12.8. The van der Waals surface area contributed by atoms with Gasteiger partial charge in [0.05, 0.1) is 10.2 Å². The molecule has 4 rings (SSSR count). The number of rotatable bonds is 3. The van der Waals surface area contributed by atoms with E-state index in [1.54, 1.807) is 16.2 Å². The molecule has 0 aliphatic carbocycles. The van der Waals surface area contributed by atoms with Gasteiger partial charge in [-0.25, -0.2) is 0 Å². The van der Waals surface area contributed by atoms with E-state index >= 15 is 0 Å². The Kier molecular flexibility index (Phi) is 3.46. The average Bonchev–Trinajstić information content (AvgIpc) is 3.27. The number of nitrogens with zero attached hydrogens (tertiary/aromatic N) is 1. The Hall–Kier alpha value is -2.86. The third-order valence-electron chi connectivity index (χ3n) is 4.16. The third-order valence-corrected chi connectivity index (χ3v) is 5.02. The Morgan fingerprint density at radius 3 is 2.83 bits per heavy atom. The third kappa shape index (κ3) is 2.51. The van der Waals surface area contributed by atoms with Crippen molar-refractivity contribution in [2.24, 2.45) is 0 Å². The molecule has 0 spiro atoms. The number of anilines is 1. The molecule has 2 amide bonds. The van der Waals surface area contributed by atoms with E-state index in [0.29, 0.717) is 18.8 Å². The molecule has 3 aromatic rings. The average molecular weight is 337 g/mol. The van der Waals surface area contributed by atoms with Crippen LogP contribution < -0.4 is 5.32 Å². The van der Waals surface area contributed by atoms with Crippen molar-refractivity contribution in [3.8, 4) is 0 Å². The first-order chi connectivity index (χ1) is 11.6. The maximum absolute atomic E-state index is 12.4. The minimum absolute atomic E-state index is 0.0803. The second-order valence-electron chi connectivity index (χ2n) is 5.72. The highest BCUT2D eigenvalue weighted by Crippen LogP contribution is 2.27. The molecule has 1 aliphatic heterocycles. The number of carbonyl (C=O) groups is 2. The van der Waals surface area contributed by atoms with Crippen molar-refractivity contribution in [3.63, 3.8) is 0 Å². The first-order valence-electron chi connectivity index (χ1n) is 7.55. The van der Waals surface area contributed by atoms with E-state index in [-0.39, 0.29) is 11.8 Å². The van der Waals surface area contributed by atoms with E-state index in [4.69, 9.17) is 0 Å². The molecule has 1 aromatic carbocycles. The van der Waals surface area contributed by atoms with Crippen LogP contribution in [-0.4, -0.2) is 21.7 Å². The van der Waals surface area contributed by atoms with Crippen molar-refractivity contribution in [1.29, 1.82) is 0 Å². The van der Waals surface area contributed by atoms with E-state index < -0.39 is 0 Å². The summed E-state index contributed by atoms with van der Waals surface area (Å²) in [6.45, 7) is 4.65. The summed E-state index contributed by atoms with van der Waals surface area (Å²) in [5.74, 6) is -0.251. The molecule has 0 saturated heterocycles. The molecule has 0 unspecified atom stereocenters. The van der Waals surface area contributed by atoms with E-state index in [1.807, 2.05) is 35.7 Å². The van der Waals surface area contributed by atoms with Crippen LogP contribution in [0, 0.1) is 0 Å². The topological polar surface area (TPSA) is 65.2 Å². The van der Waals surface area contributed by atoms with Gasteiger partial charge in [0, 0.05) is 18.8 Å². The van der Waals surface area contributed by atoms with E-state index in [2.05, 4.69) is 16.9 Å². The number of thiophene rings is 1. The molecular formula is C18H15N3O2S. The first kappa shape index (κ1) is 14.7. The molecule has 0 saturated carbocycles. The van der Waals surface area contributed by atoms with Crippen molar-refractivity contribution in [1.82, 2.24) is 9.88 Å². The van der Waals surface area contributed by atoms with Gasteiger partial charge in [0.25, 0.3) is 5.91 Å². The molecule has 0 radical (unpaired) electrons. The lowest BCUT2D eigenvalue weighted by molar-refractivity contribution is -0.126. The van der Waals surface area contributed by atoms with Gasteiger partial charge in [-0.05, 0) is 46.8 Å². The smallest absolute Gasteiger partial charge is 0.272 e. The van der Waals surface area contributed by atoms with Crippen molar-refractivity contribution in [2.45, 2.75) is 13.1 Å². The summed E-state index contributed by atoms with van der Waals surface area (Å²) in [6.07, 6.45) is 1.32. The van der Waals surface area contributed by atoms with E-state index in [1.165, 1.54) is 6.08 Å². The maximum Gasteiger partial charge on any atom is 0.272 e. The number of nitrogens with one attached hydrogen (secondary N) is 2. The number of fused-ring (bicyclic) bond motifs is 2. The van der Waals surface area contributed by atoms with Gasteiger partial charge in [-0.1, -0.05) is 12.6 Å². The van der Waals surface area contributed by atoms with Gasteiger partial charge >= 0.3 is 0 Å². The fourth-order valence-electron chi connectivity index (χ4n) is 2.93. The molecule has 3 heterocycles. The lowest BCUT2D eigenvalue weighted by atomic mass is 10.1. The van der Waals surface area contributed by atoms with Crippen molar-refractivity contribution < 1.29 is 9.59 Å². The molecule has 2 N–H and O–H groups in total. The summed E-state index contributed by atoms with van der Waals surface area (Å²) >= 11 is 1.60. The number of benzene rings is 1. The Balaban J connectivity index is 1.52. The van der Waals surface area contributed by atoms with Crippen LogP contribution in [-0.2, 0) is 17.9 Å². The Bertz CT molecular complexity index is 941. The summed E-state index contributed by atoms with van der Waals surface area (Å²) in [6, 6.07) is 9.55. The number of carbonyl (C=O) groups excluding carboxylic acids is 2. The zero-order chi connectivity index (χ0) is 16.7. The van der Waals surface area contributed by atoms with Crippen molar-refractivity contribution in [3.05, 3.63) is 65.2 Å². The Labute approximate surface area is 142 Å². The van der Waals surface area contributed by atoms with Crippen molar-refractivity contribution in [2.75, 3.05) is 5.32 Å². The molecule has 24 heavy (non-hydrogen) atoms. The van der Waals surface area contributed by atoms with Crippen LogP contribution in [0.2, 0.25) is 0 Å². The van der Waals surface area contributed by atoms with Gasteiger partial charge in [-0.3, -0.25) is 9.59 Å². The maximum atomic E-state index is 12.4. The zero-order valence-corrected chi connectivity index (χ0v) is 13.7. The fourth-order valence-corrected chi connectivity index (χ4v) is 3.71. The molecular weight excluding hydrogens is 322 g/mol. The first-order valence-corrected chi connectivity index (χ1v) is 8.43. The predicted molar refractivity (Wildman–Crippen MR) is 95.0 cm³/mol. The van der Waals surface area contributed by atoms with Crippen LogP contribution >= 0.6 is 11.3 Å². The molecule has 120 valence electrons. The van der Waals surface area contributed by atoms with Crippen LogP contribution in [0.15, 0.2) is 48.4 Å². The van der Waals surface area contributed by atoms with Crippen LogP contribution in [0.3, 0.4) is 0 Å². The van der Waals surface area contributed by atoms with Gasteiger partial charge < -0.3 is 15.2 Å². The molecule has 0 fully saturated rings. The number of hydrogen-bond acceptors (Lipinski definition) is 3. The fraction of sp³-hybridized carbons (Fsp3) is 0.111. The quantitative estimate of drug-likeness (QED) is 0.718. The second kappa shape index (κ2) is 5.65. The number of amides is 2. The van der Waals surface area contributed by atoms with Gasteiger partial charge in [0.2, 0.25) is 5.91 Å². The van der Waals surface area contributed by atoms with E-state index in [9.17, 15) is 9.59 Å². The van der Waals surface area contributed by atoms with Crippen LogP contribution in [0.25, 0.3) is 10.2 Å². The molecule has 6 heteroatoms. The number of H-pyrrole nitrogens is 1. The molecule has 0 atom stereocenters. The van der Waals surface area contributed by atoms with Crippen LogP contribution in [0.5, 0.6) is 0 Å². The normalized spacial score (nSPS) is 13.1. The van der Waals surface area contributed by atoms with Gasteiger partial charge in [0.15, 0.2) is 0 Å². The lowest BCUT2D eigenvalue weighted by Crippen LogP contribution is -2.22. The van der Waals surface area contributed by atoms with Gasteiger partial charge in [-0.15, -0.1) is 11.3 Å². The predicted octanol–water partition coefficient (Wildman–Crippen LogP) is 3.51. The Morgan fingerprint density at radius 1 is 1.21 bits per heavy atom. The number of aromatic amines is 1. The minimum Gasteiger partial charge on any atom is -0.350 e. The van der Waals surface area contributed by atoms with E-state index in [0.717, 1.165) is 27.0 Å². The summed E-state index contributed by atoms with van der Waals surface area (Å²) in [4.78, 5) is 28.9. The van der Waals surface area contributed by atoms with Crippen LogP contribution in [0.1, 0.15) is 21.6 Å². The molecule has 2 aromatic heterocycles. The monoisotopic (exact) mass is 337 g/mol. The standard InChI is InChI=1S/C18H15N3O2S/c1-2-17(22)21-9-11-3-4-13(7-12(11)10-21)19-18(23)15-8-16-14(20-15)5-6-24-16/h2-8,20H,1,9-10H2,(H,19,23). The number of hydrogen-bond donors (Lipinski definition) is 2. The SMILES string of the molecule is C=CC(=O)N1Cc2ccc(NC(=O)c3cc4sccc4[nH]3)cc2C1. The summed E-state index contributed by atoms with van der Waals surface area (Å²) in [5, 5.41) is 4.89. The van der Waals surface area contributed by atoms with Crippen molar-refractivity contribution >= 4 is 39.1 Å². The molecule has 5 nitrogen and oxygen atoms in total. The largest absolute Gasteiger partial charge is 0.350 e. The Morgan fingerprint density at radius 2 is 2.04 bits per heavy atom. The number of aromatic nitrogens is 1. The minimum atomic E-state index is -0.171. The van der Waals surface area contributed by atoms with Gasteiger partial charge in [-0.2, -0.15) is 0 Å². The molecule has 0 bridgehead atoms. The second-order valence-corrected chi connectivity index (χ2v) is 6.67. The summed E-state index contributed by atoms with van der Waals surface area (Å²) in [5.41, 5.74) is 4.39. The highest BCUT2D eigenvalue weighted by molar-refractivity contribution is 7.17. The summed E-state index contributed by atoms with van der Waals surface area (Å²) < 4.78 is 1.06.